The lowest BCUT2D eigenvalue weighted by Gasteiger charge is -2.43. The van der Waals surface area contributed by atoms with Crippen LogP contribution >= 0.6 is 0 Å². The van der Waals surface area contributed by atoms with E-state index >= 15 is 0 Å². The quantitative estimate of drug-likeness (QED) is 0.586. The van der Waals surface area contributed by atoms with Crippen LogP contribution in [0.2, 0.25) is 0 Å². The van der Waals surface area contributed by atoms with E-state index in [1.807, 2.05) is 0 Å². The number of likely N-dealkylation sites (tertiary alicyclic amines) is 1. The second-order valence-electron chi connectivity index (χ2n) is 3.96. The van der Waals surface area contributed by atoms with Crippen molar-refractivity contribution < 1.29 is 4.79 Å². The number of nitrogens with zero attached hydrogens (tertiary/aromatic N) is 1. The molecule has 0 aromatic rings. The van der Waals surface area contributed by atoms with Crippen LogP contribution in [0.1, 0.15) is 12.8 Å². The molecule has 0 spiro atoms. The van der Waals surface area contributed by atoms with Crippen LogP contribution in [0.5, 0.6) is 0 Å². The summed E-state index contributed by atoms with van der Waals surface area (Å²) in [6.45, 7) is 4.07. The predicted octanol–water partition coefficient (Wildman–Crippen LogP) is -0.844. The van der Waals surface area contributed by atoms with Gasteiger partial charge in [0.15, 0.2) is 0 Å². The van der Waals surface area contributed by atoms with Crippen molar-refractivity contribution in [3.63, 3.8) is 0 Å². The Morgan fingerprint density at radius 3 is 2.77 bits per heavy atom. The summed E-state index contributed by atoms with van der Waals surface area (Å²) < 4.78 is 0. The Labute approximate surface area is 78.5 Å². The zero-order valence-corrected chi connectivity index (χ0v) is 7.83. The molecular weight excluding hydrogens is 166 g/mol. The molecule has 2 aliphatic heterocycles. The summed E-state index contributed by atoms with van der Waals surface area (Å²) in [4.78, 5) is 13.5. The first-order chi connectivity index (χ1) is 6.29. The third-order valence-corrected chi connectivity index (χ3v) is 3.17. The standard InChI is InChI=1S/C9H17N3O/c10-9(13)7-6-11-3-2-8(7)12-4-1-5-12/h7-8,11H,1-6H2,(H2,10,13)/t7?,8-/m0/s1. The second-order valence-corrected chi connectivity index (χ2v) is 3.96. The number of nitrogens with one attached hydrogen (secondary N) is 1. The largest absolute Gasteiger partial charge is 0.369 e. The molecule has 2 fully saturated rings. The van der Waals surface area contributed by atoms with Gasteiger partial charge in [-0.15, -0.1) is 0 Å². The van der Waals surface area contributed by atoms with Crippen molar-refractivity contribution in [1.82, 2.24) is 10.2 Å². The average molecular weight is 183 g/mol. The minimum Gasteiger partial charge on any atom is -0.369 e. The molecular formula is C9H17N3O. The van der Waals surface area contributed by atoms with E-state index in [1.165, 1.54) is 6.42 Å². The first-order valence-electron chi connectivity index (χ1n) is 5.03. The number of nitrogens with two attached hydrogens (primary N) is 1. The maximum atomic E-state index is 11.2. The molecule has 1 amide bonds. The molecule has 3 N–H and O–H groups in total. The lowest BCUT2D eigenvalue weighted by Crippen LogP contribution is -2.57. The normalized spacial score (nSPS) is 35.4. The summed E-state index contributed by atoms with van der Waals surface area (Å²) in [5.74, 6) is -0.127. The number of carbonyl (C=O) groups excluding carboxylic acids is 1. The van der Waals surface area contributed by atoms with E-state index in [9.17, 15) is 4.79 Å². The number of amides is 1. The molecule has 1 unspecified atom stereocenters. The number of hydrogen-bond acceptors (Lipinski definition) is 3. The van der Waals surface area contributed by atoms with Crippen LogP contribution < -0.4 is 11.1 Å². The van der Waals surface area contributed by atoms with Crippen LogP contribution in [0, 0.1) is 5.92 Å². The second kappa shape index (κ2) is 3.64. The maximum Gasteiger partial charge on any atom is 0.223 e. The topological polar surface area (TPSA) is 58.4 Å². The predicted molar refractivity (Wildman–Crippen MR) is 50.1 cm³/mol. The number of piperidine rings is 1. The van der Waals surface area contributed by atoms with Crippen molar-refractivity contribution in [1.29, 1.82) is 0 Å². The Balaban J connectivity index is 1.99. The van der Waals surface area contributed by atoms with Crippen LogP contribution in [0.4, 0.5) is 0 Å². The highest BCUT2D eigenvalue weighted by Gasteiger charge is 2.35. The summed E-state index contributed by atoms with van der Waals surface area (Å²) in [5.41, 5.74) is 5.37. The molecule has 0 radical (unpaired) electrons. The van der Waals surface area contributed by atoms with E-state index in [0.29, 0.717) is 6.04 Å². The van der Waals surface area contributed by atoms with Gasteiger partial charge >= 0.3 is 0 Å². The van der Waals surface area contributed by atoms with Crippen LogP contribution in [0.25, 0.3) is 0 Å². The van der Waals surface area contributed by atoms with Crippen LogP contribution in [0.15, 0.2) is 0 Å². The zero-order chi connectivity index (χ0) is 9.26. The molecule has 2 rings (SSSR count). The maximum absolute atomic E-state index is 11.2. The summed E-state index contributed by atoms with van der Waals surface area (Å²) in [6, 6.07) is 0.410. The molecule has 0 bridgehead atoms. The minimum atomic E-state index is -0.149. The van der Waals surface area contributed by atoms with Crippen molar-refractivity contribution in [3.8, 4) is 0 Å². The van der Waals surface area contributed by atoms with Crippen LogP contribution in [-0.4, -0.2) is 43.0 Å². The van der Waals surface area contributed by atoms with Crippen molar-refractivity contribution in [2.75, 3.05) is 26.2 Å². The van der Waals surface area contributed by atoms with E-state index in [-0.39, 0.29) is 11.8 Å². The molecule has 0 aromatic heterocycles. The fourth-order valence-electron chi connectivity index (χ4n) is 2.24. The molecule has 0 aromatic carbocycles. The van der Waals surface area contributed by atoms with Crippen LogP contribution in [0.3, 0.4) is 0 Å². The molecule has 74 valence electrons. The summed E-state index contributed by atoms with van der Waals surface area (Å²) in [7, 11) is 0. The van der Waals surface area contributed by atoms with Gasteiger partial charge in [0.25, 0.3) is 0 Å². The molecule has 2 aliphatic rings. The van der Waals surface area contributed by atoms with E-state index in [2.05, 4.69) is 10.2 Å². The Morgan fingerprint density at radius 1 is 1.46 bits per heavy atom. The first kappa shape index (κ1) is 8.97. The van der Waals surface area contributed by atoms with Gasteiger partial charge < -0.3 is 11.1 Å². The molecule has 4 heteroatoms. The fourth-order valence-corrected chi connectivity index (χ4v) is 2.24. The first-order valence-corrected chi connectivity index (χ1v) is 5.03. The van der Waals surface area contributed by atoms with Crippen molar-refractivity contribution in [2.45, 2.75) is 18.9 Å². The SMILES string of the molecule is NC(=O)C1CNCC[C@@H]1N1CCC1. The smallest absolute Gasteiger partial charge is 0.223 e. The van der Waals surface area contributed by atoms with Crippen molar-refractivity contribution >= 4 is 5.91 Å². The third-order valence-electron chi connectivity index (χ3n) is 3.17. The van der Waals surface area contributed by atoms with Gasteiger partial charge in [0.05, 0.1) is 5.92 Å². The van der Waals surface area contributed by atoms with Gasteiger partial charge in [0, 0.05) is 12.6 Å². The molecule has 13 heavy (non-hydrogen) atoms. The molecule has 4 nitrogen and oxygen atoms in total. The van der Waals surface area contributed by atoms with Gasteiger partial charge in [-0.25, -0.2) is 0 Å². The lowest BCUT2D eigenvalue weighted by atomic mass is 9.89. The summed E-state index contributed by atoms with van der Waals surface area (Å²) in [5, 5.41) is 3.22. The Bertz CT molecular complexity index is 203. The lowest BCUT2D eigenvalue weighted by molar-refractivity contribution is -0.125. The average Bonchev–Trinajstić information content (AvgIpc) is 2.02. The van der Waals surface area contributed by atoms with E-state index in [1.54, 1.807) is 0 Å². The Hall–Kier alpha value is -0.610. The van der Waals surface area contributed by atoms with E-state index in [0.717, 1.165) is 32.6 Å². The summed E-state index contributed by atoms with van der Waals surface area (Å²) >= 11 is 0. The molecule has 2 atom stereocenters. The van der Waals surface area contributed by atoms with E-state index in [4.69, 9.17) is 5.73 Å². The highest BCUT2D eigenvalue weighted by Crippen LogP contribution is 2.22. The number of hydrogen-bond donors (Lipinski definition) is 2. The van der Waals surface area contributed by atoms with Gasteiger partial charge in [-0.3, -0.25) is 9.69 Å². The minimum absolute atomic E-state index is 0.0223. The van der Waals surface area contributed by atoms with Gasteiger partial charge in [0.2, 0.25) is 5.91 Å². The molecule has 2 heterocycles. The van der Waals surface area contributed by atoms with Gasteiger partial charge in [0.1, 0.15) is 0 Å². The number of primary amides is 1. The van der Waals surface area contributed by atoms with E-state index < -0.39 is 0 Å². The summed E-state index contributed by atoms with van der Waals surface area (Å²) in [6.07, 6.45) is 2.34. The van der Waals surface area contributed by atoms with Crippen LogP contribution in [-0.2, 0) is 4.79 Å². The van der Waals surface area contributed by atoms with Gasteiger partial charge in [-0.2, -0.15) is 0 Å². The number of carbonyl (C=O) groups is 1. The fraction of sp³-hybridized carbons (Fsp3) is 0.889. The number of rotatable bonds is 2. The Kier molecular flexibility index (Phi) is 2.51. The zero-order valence-electron chi connectivity index (χ0n) is 7.83. The highest BCUT2D eigenvalue weighted by atomic mass is 16.1. The molecule has 2 saturated heterocycles. The van der Waals surface area contributed by atoms with Gasteiger partial charge in [-0.1, -0.05) is 0 Å². The van der Waals surface area contributed by atoms with Crippen molar-refractivity contribution in [2.24, 2.45) is 11.7 Å². The molecule has 0 saturated carbocycles. The highest BCUT2D eigenvalue weighted by molar-refractivity contribution is 5.77. The van der Waals surface area contributed by atoms with Crippen molar-refractivity contribution in [3.05, 3.63) is 0 Å². The van der Waals surface area contributed by atoms with Gasteiger partial charge in [-0.05, 0) is 32.5 Å². The third kappa shape index (κ3) is 1.69. The monoisotopic (exact) mass is 183 g/mol. The molecule has 0 aliphatic carbocycles. The Morgan fingerprint density at radius 2 is 2.23 bits per heavy atom.